The molecule has 0 bridgehead atoms. The summed E-state index contributed by atoms with van der Waals surface area (Å²) in [6, 6.07) is 14.2. The smallest absolute Gasteiger partial charge is 0.164 e. The summed E-state index contributed by atoms with van der Waals surface area (Å²) in [5, 5.41) is 5.19. The van der Waals surface area contributed by atoms with Gasteiger partial charge >= 0.3 is 0 Å². The number of benzene rings is 2. The molecular weight excluding hydrogens is 371 g/mol. The van der Waals surface area contributed by atoms with Crippen molar-refractivity contribution in [2.24, 2.45) is 5.73 Å². The number of aromatic nitrogens is 4. The van der Waals surface area contributed by atoms with Gasteiger partial charge in [0.1, 0.15) is 35.2 Å². The molecule has 2 aromatic heterocycles. The van der Waals surface area contributed by atoms with E-state index in [0.29, 0.717) is 33.8 Å². The Morgan fingerprint density at radius 3 is 2.55 bits per heavy atom. The van der Waals surface area contributed by atoms with Gasteiger partial charge in [-0.2, -0.15) is 5.10 Å². The molecule has 1 fully saturated rings. The van der Waals surface area contributed by atoms with Gasteiger partial charge < -0.3 is 16.2 Å². The first-order chi connectivity index (χ1) is 14.1. The quantitative estimate of drug-likeness (QED) is 0.551. The second-order valence-electron chi connectivity index (χ2n) is 7.19. The van der Waals surface area contributed by atoms with Gasteiger partial charge in [0.05, 0.1) is 11.4 Å². The van der Waals surface area contributed by atoms with Gasteiger partial charge in [0.2, 0.25) is 0 Å². The number of nitrogens with zero attached hydrogens (tertiary/aromatic N) is 4. The van der Waals surface area contributed by atoms with E-state index in [4.69, 9.17) is 16.2 Å². The van der Waals surface area contributed by atoms with Gasteiger partial charge in [0.15, 0.2) is 5.65 Å². The number of fused-ring (bicyclic) bond motifs is 1. The van der Waals surface area contributed by atoms with E-state index in [1.165, 1.54) is 12.4 Å². The fourth-order valence-corrected chi connectivity index (χ4v) is 3.64. The topological polar surface area (TPSA) is 105 Å². The predicted molar refractivity (Wildman–Crippen MR) is 108 cm³/mol. The summed E-state index contributed by atoms with van der Waals surface area (Å²) >= 11 is 0. The molecule has 8 heteroatoms. The van der Waals surface area contributed by atoms with E-state index in [1.807, 2.05) is 30.3 Å². The van der Waals surface area contributed by atoms with Crippen LogP contribution < -0.4 is 16.2 Å². The zero-order valence-corrected chi connectivity index (χ0v) is 15.5. The molecule has 4 N–H and O–H groups in total. The largest absolute Gasteiger partial charge is 0.457 e. The number of hydrogen-bond acceptors (Lipinski definition) is 6. The van der Waals surface area contributed by atoms with Crippen molar-refractivity contribution in [1.29, 1.82) is 0 Å². The molecule has 1 aliphatic carbocycles. The molecule has 1 saturated carbocycles. The summed E-state index contributed by atoms with van der Waals surface area (Å²) in [7, 11) is 0. The van der Waals surface area contributed by atoms with Crippen molar-refractivity contribution in [3.8, 4) is 22.8 Å². The molecule has 5 rings (SSSR count). The molecule has 2 aromatic carbocycles. The Morgan fingerprint density at radius 2 is 1.83 bits per heavy atom. The zero-order chi connectivity index (χ0) is 20.0. The van der Waals surface area contributed by atoms with Crippen molar-refractivity contribution in [3.05, 3.63) is 60.7 Å². The van der Waals surface area contributed by atoms with E-state index in [1.54, 1.807) is 16.8 Å². The average Bonchev–Trinajstić information content (AvgIpc) is 3.07. The number of rotatable bonds is 4. The Labute approximate surface area is 166 Å². The van der Waals surface area contributed by atoms with Crippen LogP contribution in [0.15, 0.2) is 54.9 Å². The number of halogens is 1. The lowest BCUT2D eigenvalue weighted by atomic mass is 9.88. The Kier molecular flexibility index (Phi) is 4.13. The second kappa shape index (κ2) is 6.82. The first-order valence-corrected chi connectivity index (χ1v) is 9.37. The summed E-state index contributed by atoms with van der Waals surface area (Å²) in [4.78, 5) is 8.41. The summed E-state index contributed by atoms with van der Waals surface area (Å²) in [6.07, 6.45) is 2.99. The van der Waals surface area contributed by atoms with Crippen LogP contribution >= 0.6 is 0 Å². The lowest BCUT2D eigenvalue weighted by Gasteiger charge is -2.32. The van der Waals surface area contributed by atoms with Gasteiger partial charge in [-0.15, -0.1) is 0 Å². The molecule has 0 saturated heterocycles. The lowest BCUT2D eigenvalue weighted by Crippen LogP contribution is -2.38. The minimum absolute atomic E-state index is 0.124. The highest BCUT2D eigenvalue weighted by atomic mass is 19.1. The van der Waals surface area contributed by atoms with Crippen LogP contribution in [0.3, 0.4) is 0 Å². The van der Waals surface area contributed by atoms with Crippen LogP contribution in [0.4, 0.5) is 10.2 Å². The van der Waals surface area contributed by atoms with Crippen LogP contribution in [0.5, 0.6) is 11.5 Å². The van der Waals surface area contributed by atoms with Crippen LogP contribution in [0.2, 0.25) is 0 Å². The standard InChI is InChI=1S/C21H19FN6O/c22-17-10-15(29-14-4-2-1-3-5-14)6-7-16(17)19-18-20(24)25-11-26-21(18)28(27-19)13-8-12(23)9-13/h1-7,10-13H,8-9,23H2,(H2,24,25,26)/t12-,13+. The van der Waals surface area contributed by atoms with E-state index in [-0.39, 0.29) is 17.9 Å². The van der Waals surface area contributed by atoms with Gasteiger partial charge in [-0.05, 0) is 37.1 Å². The molecule has 0 unspecified atom stereocenters. The third-order valence-corrected chi connectivity index (χ3v) is 5.19. The molecule has 0 spiro atoms. The maximum absolute atomic E-state index is 15.0. The lowest BCUT2D eigenvalue weighted by molar-refractivity contribution is 0.253. The highest BCUT2D eigenvalue weighted by Crippen LogP contribution is 2.38. The maximum Gasteiger partial charge on any atom is 0.164 e. The van der Waals surface area contributed by atoms with Crippen LogP contribution in [0.1, 0.15) is 18.9 Å². The van der Waals surface area contributed by atoms with E-state index in [0.717, 1.165) is 12.8 Å². The molecular formula is C21H19FN6O. The first kappa shape index (κ1) is 17.6. The van der Waals surface area contributed by atoms with Crippen LogP contribution in [0, 0.1) is 5.82 Å². The number of nitrogens with two attached hydrogens (primary N) is 2. The Morgan fingerprint density at radius 1 is 1.03 bits per heavy atom. The van der Waals surface area contributed by atoms with Crippen molar-refractivity contribution in [1.82, 2.24) is 19.7 Å². The van der Waals surface area contributed by atoms with Crippen molar-refractivity contribution in [2.75, 3.05) is 5.73 Å². The normalized spacial score (nSPS) is 18.6. The van der Waals surface area contributed by atoms with Crippen LogP contribution in [-0.2, 0) is 0 Å². The number of nitrogen functional groups attached to an aromatic ring is 1. The predicted octanol–water partition coefficient (Wildman–Crippen LogP) is 3.67. The van der Waals surface area contributed by atoms with Crippen molar-refractivity contribution < 1.29 is 9.13 Å². The SMILES string of the molecule is Nc1ncnc2c1c(-c1ccc(Oc3ccccc3)cc1F)nn2[C@H]1C[C@@H](N)C1. The molecule has 1 aliphatic rings. The van der Waals surface area contributed by atoms with Gasteiger partial charge in [-0.1, -0.05) is 18.2 Å². The minimum Gasteiger partial charge on any atom is -0.457 e. The molecule has 0 atom stereocenters. The van der Waals surface area contributed by atoms with Gasteiger partial charge in [-0.3, -0.25) is 0 Å². The number of para-hydroxylation sites is 1. The van der Waals surface area contributed by atoms with Gasteiger partial charge in [0, 0.05) is 17.7 Å². The van der Waals surface area contributed by atoms with E-state index >= 15 is 4.39 Å². The maximum atomic E-state index is 15.0. The molecule has 0 aliphatic heterocycles. The Bertz CT molecular complexity index is 1190. The van der Waals surface area contributed by atoms with E-state index in [2.05, 4.69) is 15.1 Å². The highest BCUT2D eigenvalue weighted by Gasteiger charge is 2.31. The highest BCUT2D eigenvalue weighted by molar-refractivity contribution is 5.98. The van der Waals surface area contributed by atoms with Crippen molar-refractivity contribution >= 4 is 16.9 Å². The summed E-state index contributed by atoms with van der Waals surface area (Å²) in [6.45, 7) is 0. The molecule has 0 radical (unpaired) electrons. The molecule has 7 nitrogen and oxygen atoms in total. The first-order valence-electron chi connectivity index (χ1n) is 9.37. The fourth-order valence-electron chi connectivity index (χ4n) is 3.64. The molecule has 4 aromatic rings. The summed E-state index contributed by atoms with van der Waals surface area (Å²) in [5.74, 6) is 0.839. The monoisotopic (exact) mass is 390 g/mol. The number of ether oxygens (including phenoxy) is 1. The molecule has 2 heterocycles. The summed E-state index contributed by atoms with van der Waals surface area (Å²) in [5.41, 5.74) is 13.4. The van der Waals surface area contributed by atoms with E-state index < -0.39 is 5.82 Å². The zero-order valence-electron chi connectivity index (χ0n) is 15.5. The van der Waals surface area contributed by atoms with E-state index in [9.17, 15) is 0 Å². The Balaban J connectivity index is 1.57. The molecule has 29 heavy (non-hydrogen) atoms. The third-order valence-electron chi connectivity index (χ3n) is 5.19. The van der Waals surface area contributed by atoms with Crippen molar-refractivity contribution in [2.45, 2.75) is 24.9 Å². The summed E-state index contributed by atoms with van der Waals surface area (Å²) < 4.78 is 22.5. The van der Waals surface area contributed by atoms with Gasteiger partial charge in [0.25, 0.3) is 0 Å². The molecule has 0 amide bonds. The van der Waals surface area contributed by atoms with Gasteiger partial charge in [-0.25, -0.2) is 19.0 Å². The van der Waals surface area contributed by atoms with Crippen molar-refractivity contribution in [3.63, 3.8) is 0 Å². The fraction of sp³-hybridized carbons (Fsp3) is 0.190. The average molecular weight is 390 g/mol. The number of hydrogen-bond donors (Lipinski definition) is 2. The Hall–Kier alpha value is -3.52. The van der Waals surface area contributed by atoms with Crippen LogP contribution in [-0.4, -0.2) is 25.8 Å². The van der Waals surface area contributed by atoms with Crippen LogP contribution in [0.25, 0.3) is 22.3 Å². The third kappa shape index (κ3) is 3.07. The minimum atomic E-state index is -0.460. The second-order valence-corrected chi connectivity index (χ2v) is 7.19. The number of anilines is 1. The molecule has 146 valence electrons.